The monoisotopic (exact) mass is 359 g/mol. The fourth-order valence-corrected chi connectivity index (χ4v) is 5.42. The van der Waals surface area contributed by atoms with E-state index < -0.39 is 10.9 Å². The van der Waals surface area contributed by atoms with E-state index in [1.54, 1.807) is 7.11 Å². The highest BCUT2D eigenvalue weighted by Gasteiger charge is 2.62. The number of methoxy groups -OCH3 is 1. The molecule has 0 radical (unpaired) electrons. The number of carbonyl (C=O) groups excluding carboxylic acids is 1. The standard InChI is InChI=1S/C19H18ClNO2S/c1-12-11-19(13-7-9-14(23-2)10-8-13)17(20)18(22)21(19)15-5-3-4-6-16(15)24-12/h3-10,12,17H,11H2,1-2H3/t12-,17+,19+/m1/s1. The maximum Gasteiger partial charge on any atom is 0.248 e. The predicted octanol–water partition coefficient (Wildman–Crippen LogP) is 4.43. The Morgan fingerprint density at radius 2 is 1.92 bits per heavy atom. The molecule has 1 amide bonds. The van der Waals surface area contributed by atoms with Crippen molar-refractivity contribution >= 4 is 35.0 Å². The van der Waals surface area contributed by atoms with Gasteiger partial charge in [0.25, 0.3) is 0 Å². The summed E-state index contributed by atoms with van der Waals surface area (Å²) in [5, 5.41) is -0.187. The second-order valence-corrected chi connectivity index (χ2v) is 8.21. The number of thioether (sulfide) groups is 1. The van der Waals surface area contributed by atoms with Crippen LogP contribution >= 0.6 is 23.4 Å². The highest BCUT2D eigenvalue weighted by Crippen LogP contribution is 2.56. The number of hydrogen-bond donors (Lipinski definition) is 0. The fraction of sp³-hybridized carbons (Fsp3) is 0.316. The minimum atomic E-state index is -0.542. The Balaban J connectivity index is 1.89. The van der Waals surface area contributed by atoms with Crippen LogP contribution in [-0.2, 0) is 10.3 Å². The van der Waals surface area contributed by atoms with Crippen LogP contribution in [0.25, 0.3) is 0 Å². The summed E-state index contributed by atoms with van der Waals surface area (Å²) >= 11 is 8.42. The molecule has 0 bridgehead atoms. The Morgan fingerprint density at radius 1 is 1.21 bits per heavy atom. The third-order valence-electron chi connectivity index (χ3n) is 4.88. The van der Waals surface area contributed by atoms with Crippen molar-refractivity contribution in [1.29, 1.82) is 0 Å². The molecule has 2 aliphatic heterocycles. The van der Waals surface area contributed by atoms with Gasteiger partial charge in [-0.25, -0.2) is 0 Å². The molecule has 2 aromatic rings. The SMILES string of the molecule is COc1ccc([C@]23C[C@@H](C)Sc4ccccc4N2C(=O)[C@@H]3Cl)cc1. The molecule has 24 heavy (non-hydrogen) atoms. The van der Waals surface area contributed by atoms with E-state index in [2.05, 4.69) is 13.0 Å². The Bertz CT molecular complexity index is 794. The Morgan fingerprint density at radius 3 is 2.62 bits per heavy atom. The second-order valence-electron chi connectivity index (χ2n) is 6.29. The van der Waals surface area contributed by atoms with Crippen LogP contribution in [0.4, 0.5) is 5.69 Å². The van der Waals surface area contributed by atoms with Crippen molar-refractivity contribution in [1.82, 2.24) is 0 Å². The first-order chi connectivity index (χ1) is 11.6. The van der Waals surface area contributed by atoms with E-state index in [4.69, 9.17) is 16.3 Å². The maximum absolute atomic E-state index is 12.7. The van der Waals surface area contributed by atoms with E-state index in [9.17, 15) is 4.79 Å². The lowest BCUT2D eigenvalue weighted by atomic mass is 9.73. The molecule has 124 valence electrons. The molecule has 3 atom stereocenters. The first kappa shape index (κ1) is 15.9. The average molecular weight is 360 g/mol. The Hall–Kier alpha value is -1.65. The van der Waals surface area contributed by atoms with Crippen LogP contribution in [0, 0.1) is 0 Å². The number of amides is 1. The summed E-state index contributed by atoms with van der Waals surface area (Å²) in [7, 11) is 1.65. The zero-order chi connectivity index (χ0) is 16.9. The van der Waals surface area contributed by atoms with Crippen LogP contribution in [0.2, 0.25) is 0 Å². The van der Waals surface area contributed by atoms with Crippen LogP contribution in [0.15, 0.2) is 53.4 Å². The van der Waals surface area contributed by atoms with Crippen molar-refractivity contribution in [3.8, 4) is 5.75 Å². The fourth-order valence-electron chi connectivity index (χ4n) is 3.80. The zero-order valence-corrected chi connectivity index (χ0v) is 15.1. The number of nitrogens with zero attached hydrogens (tertiary/aromatic N) is 1. The summed E-state index contributed by atoms with van der Waals surface area (Å²) in [5.41, 5.74) is 1.53. The molecule has 2 aromatic carbocycles. The van der Waals surface area contributed by atoms with Crippen LogP contribution in [0.5, 0.6) is 5.75 Å². The minimum Gasteiger partial charge on any atom is -0.497 e. The molecule has 0 spiro atoms. The molecule has 0 unspecified atom stereocenters. The summed E-state index contributed by atoms with van der Waals surface area (Å²) in [6.45, 7) is 2.20. The number of benzene rings is 2. The van der Waals surface area contributed by atoms with Crippen molar-refractivity contribution in [2.75, 3.05) is 12.0 Å². The van der Waals surface area contributed by atoms with Gasteiger partial charge in [-0.05, 0) is 36.2 Å². The molecular formula is C19H18ClNO2S. The van der Waals surface area contributed by atoms with Crippen LogP contribution in [-0.4, -0.2) is 23.6 Å². The predicted molar refractivity (Wildman–Crippen MR) is 98.2 cm³/mol. The van der Waals surface area contributed by atoms with Crippen molar-refractivity contribution < 1.29 is 9.53 Å². The number of para-hydroxylation sites is 1. The van der Waals surface area contributed by atoms with Gasteiger partial charge in [0.05, 0.1) is 18.3 Å². The lowest BCUT2D eigenvalue weighted by Crippen LogP contribution is -2.71. The minimum absolute atomic E-state index is 0.0189. The number of anilines is 1. The van der Waals surface area contributed by atoms with Crippen LogP contribution in [0.3, 0.4) is 0 Å². The summed E-state index contributed by atoms with van der Waals surface area (Å²) in [6, 6.07) is 16.0. The molecule has 0 N–H and O–H groups in total. The number of β-lactam (4-membered cyclic amide) rings is 1. The van der Waals surface area contributed by atoms with Gasteiger partial charge in [0.2, 0.25) is 5.91 Å². The largest absolute Gasteiger partial charge is 0.497 e. The van der Waals surface area contributed by atoms with Gasteiger partial charge in [0.15, 0.2) is 0 Å². The van der Waals surface area contributed by atoms with E-state index in [1.807, 2.05) is 59.1 Å². The Kier molecular flexibility index (Phi) is 3.77. The van der Waals surface area contributed by atoms with E-state index in [1.165, 1.54) is 0 Å². The van der Waals surface area contributed by atoms with Gasteiger partial charge in [0, 0.05) is 10.1 Å². The number of halogens is 1. The first-order valence-corrected chi connectivity index (χ1v) is 9.28. The van der Waals surface area contributed by atoms with Gasteiger partial charge in [-0.15, -0.1) is 23.4 Å². The summed E-state index contributed by atoms with van der Waals surface area (Å²) in [6.07, 6.45) is 0.818. The van der Waals surface area contributed by atoms with Crippen molar-refractivity contribution in [2.45, 2.75) is 34.4 Å². The molecule has 0 saturated carbocycles. The van der Waals surface area contributed by atoms with Gasteiger partial charge in [0.1, 0.15) is 11.1 Å². The maximum atomic E-state index is 12.7. The Labute approximate surface area is 150 Å². The zero-order valence-electron chi connectivity index (χ0n) is 13.5. The molecule has 1 fully saturated rings. The van der Waals surface area contributed by atoms with Gasteiger partial charge in [-0.3, -0.25) is 9.69 Å². The van der Waals surface area contributed by atoms with E-state index in [-0.39, 0.29) is 5.91 Å². The number of rotatable bonds is 2. The number of alkyl halides is 1. The molecule has 2 aliphatic rings. The molecule has 1 saturated heterocycles. The molecular weight excluding hydrogens is 342 g/mol. The van der Waals surface area contributed by atoms with Gasteiger partial charge >= 0.3 is 0 Å². The first-order valence-electron chi connectivity index (χ1n) is 7.96. The molecule has 5 heteroatoms. The van der Waals surface area contributed by atoms with Gasteiger partial charge < -0.3 is 4.74 Å². The van der Waals surface area contributed by atoms with Crippen molar-refractivity contribution in [2.24, 2.45) is 0 Å². The van der Waals surface area contributed by atoms with Gasteiger partial charge in [-0.2, -0.15) is 0 Å². The lowest BCUT2D eigenvalue weighted by Gasteiger charge is -2.55. The number of fused-ring (bicyclic) bond motifs is 3. The molecule has 0 aliphatic carbocycles. The van der Waals surface area contributed by atoms with Crippen molar-refractivity contribution in [3.63, 3.8) is 0 Å². The summed E-state index contributed by atoms with van der Waals surface area (Å²) < 4.78 is 5.27. The van der Waals surface area contributed by atoms with Crippen LogP contribution in [0.1, 0.15) is 18.9 Å². The molecule has 3 nitrogen and oxygen atoms in total. The highest BCUT2D eigenvalue weighted by atomic mass is 35.5. The third-order valence-corrected chi connectivity index (χ3v) is 6.59. The number of hydrogen-bond acceptors (Lipinski definition) is 3. The van der Waals surface area contributed by atoms with Crippen LogP contribution < -0.4 is 9.64 Å². The van der Waals surface area contributed by atoms with E-state index in [0.29, 0.717) is 5.25 Å². The normalized spacial score (nSPS) is 28.5. The summed E-state index contributed by atoms with van der Waals surface area (Å²) in [5.74, 6) is 0.782. The quantitative estimate of drug-likeness (QED) is 0.587. The molecule has 4 rings (SSSR count). The highest BCUT2D eigenvalue weighted by molar-refractivity contribution is 8.00. The lowest BCUT2D eigenvalue weighted by molar-refractivity contribution is -0.127. The molecule has 2 heterocycles. The second kappa shape index (κ2) is 5.71. The molecule has 0 aromatic heterocycles. The number of ether oxygens (including phenoxy) is 1. The van der Waals surface area contributed by atoms with E-state index >= 15 is 0 Å². The topological polar surface area (TPSA) is 29.5 Å². The van der Waals surface area contributed by atoms with Crippen molar-refractivity contribution in [3.05, 3.63) is 54.1 Å². The smallest absolute Gasteiger partial charge is 0.248 e. The van der Waals surface area contributed by atoms with Gasteiger partial charge in [-0.1, -0.05) is 31.2 Å². The number of carbonyl (C=O) groups is 1. The van der Waals surface area contributed by atoms with E-state index in [0.717, 1.165) is 28.3 Å². The summed E-state index contributed by atoms with van der Waals surface area (Å²) in [4.78, 5) is 15.7. The third kappa shape index (κ3) is 2.09. The average Bonchev–Trinajstić information content (AvgIpc) is 2.73.